The van der Waals surface area contributed by atoms with Gasteiger partial charge >= 0.3 is 0 Å². The van der Waals surface area contributed by atoms with E-state index >= 15 is 0 Å². The number of nitrogens with zero attached hydrogens (tertiary/aromatic N) is 2. The first kappa shape index (κ1) is 20.4. The molecule has 0 aliphatic heterocycles. The number of carbonyl (C=O) groups excluding carboxylic acids is 1. The van der Waals surface area contributed by atoms with E-state index in [1.165, 1.54) is 7.11 Å². The van der Waals surface area contributed by atoms with Crippen molar-refractivity contribution < 1.29 is 14.3 Å². The average molecular weight is 436 g/mol. The molecule has 1 N–H and O–H groups in total. The summed E-state index contributed by atoms with van der Waals surface area (Å²) in [5.74, 6) is 1.30. The van der Waals surface area contributed by atoms with Crippen molar-refractivity contribution in [2.45, 2.75) is 17.0 Å². The minimum atomic E-state index is -0.282. The van der Waals surface area contributed by atoms with Crippen LogP contribution in [0.2, 0.25) is 5.02 Å². The third-order valence-electron chi connectivity index (χ3n) is 3.54. The van der Waals surface area contributed by atoms with Crippen molar-refractivity contribution in [3.05, 3.63) is 58.3 Å². The molecule has 1 amide bonds. The highest BCUT2D eigenvalue weighted by Gasteiger charge is 2.11. The van der Waals surface area contributed by atoms with E-state index in [0.29, 0.717) is 28.0 Å². The molecule has 0 radical (unpaired) electrons. The van der Waals surface area contributed by atoms with Gasteiger partial charge in [0, 0.05) is 33.6 Å². The largest absolute Gasteiger partial charge is 0.491 e. The van der Waals surface area contributed by atoms with Gasteiger partial charge in [-0.2, -0.15) is 0 Å². The topological polar surface area (TPSA) is 73.3 Å². The Bertz CT molecular complexity index is 948. The number of pyridine rings is 1. The number of rotatable bonds is 8. The molecule has 0 saturated heterocycles. The van der Waals surface area contributed by atoms with Gasteiger partial charge < -0.3 is 14.8 Å². The number of aryl methyl sites for hydroxylation is 1. The fourth-order valence-corrected chi connectivity index (χ4v) is 4.10. The van der Waals surface area contributed by atoms with E-state index in [-0.39, 0.29) is 12.5 Å². The minimum Gasteiger partial charge on any atom is -0.491 e. The van der Waals surface area contributed by atoms with Crippen molar-refractivity contribution >= 4 is 46.3 Å². The number of anilines is 1. The summed E-state index contributed by atoms with van der Waals surface area (Å²) in [4.78, 5) is 20.9. The molecule has 9 heteroatoms. The van der Waals surface area contributed by atoms with Crippen molar-refractivity contribution in [1.29, 1.82) is 0 Å². The number of ether oxygens (including phenoxy) is 2. The second-order valence-corrected chi connectivity index (χ2v) is 8.23. The maximum absolute atomic E-state index is 12.1. The highest BCUT2D eigenvalue weighted by Crippen LogP contribution is 2.30. The zero-order valence-corrected chi connectivity index (χ0v) is 17.7. The van der Waals surface area contributed by atoms with Gasteiger partial charge in [-0.25, -0.2) is 4.98 Å². The number of thiazole rings is 1. The van der Waals surface area contributed by atoms with Crippen LogP contribution in [0.3, 0.4) is 0 Å². The highest BCUT2D eigenvalue weighted by atomic mass is 35.5. The van der Waals surface area contributed by atoms with E-state index in [9.17, 15) is 4.79 Å². The summed E-state index contributed by atoms with van der Waals surface area (Å²) in [7, 11) is 1.53. The van der Waals surface area contributed by atoms with Gasteiger partial charge in [-0.05, 0) is 31.2 Å². The van der Waals surface area contributed by atoms with Gasteiger partial charge in [0.2, 0.25) is 0 Å². The monoisotopic (exact) mass is 435 g/mol. The molecule has 0 bridgehead atoms. The summed E-state index contributed by atoms with van der Waals surface area (Å²) in [6.45, 7) is 1.81. The molecule has 3 aromatic rings. The third-order valence-corrected chi connectivity index (χ3v) is 5.96. The molecular weight excluding hydrogens is 418 g/mol. The first-order valence-corrected chi connectivity index (χ1v) is 10.5. The Labute approximate surface area is 176 Å². The van der Waals surface area contributed by atoms with Crippen LogP contribution >= 0.6 is 34.7 Å². The van der Waals surface area contributed by atoms with Crippen LogP contribution in [-0.4, -0.2) is 29.6 Å². The Kier molecular flexibility index (Phi) is 7.13. The molecule has 0 atom stereocenters. The predicted molar refractivity (Wildman–Crippen MR) is 113 cm³/mol. The number of hydrogen-bond acceptors (Lipinski definition) is 7. The normalized spacial score (nSPS) is 10.5. The summed E-state index contributed by atoms with van der Waals surface area (Å²) in [5, 5.41) is 5.37. The summed E-state index contributed by atoms with van der Waals surface area (Å²) in [6, 6.07) is 8.64. The zero-order valence-electron chi connectivity index (χ0n) is 15.3. The number of benzene rings is 1. The number of hydrogen-bond donors (Lipinski definition) is 1. The van der Waals surface area contributed by atoms with Crippen LogP contribution in [0.15, 0.2) is 46.2 Å². The fourth-order valence-electron chi connectivity index (χ4n) is 2.22. The van der Waals surface area contributed by atoms with E-state index in [0.717, 1.165) is 15.7 Å². The van der Waals surface area contributed by atoms with E-state index in [1.807, 2.05) is 12.3 Å². The number of aromatic nitrogens is 2. The van der Waals surface area contributed by atoms with Crippen molar-refractivity contribution in [2.75, 3.05) is 19.0 Å². The van der Waals surface area contributed by atoms with Gasteiger partial charge in [-0.3, -0.25) is 9.78 Å². The lowest BCUT2D eigenvalue weighted by Crippen LogP contribution is -2.20. The Morgan fingerprint density at radius 2 is 2.07 bits per heavy atom. The smallest absolute Gasteiger partial charge is 0.262 e. The van der Waals surface area contributed by atoms with Crippen molar-refractivity contribution in [2.24, 2.45) is 0 Å². The molecule has 3 rings (SSSR count). The van der Waals surface area contributed by atoms with Gasteiger partial charge in [-0.1, -0.05) is 23.4 Å². The summed E-state index contributed by atoms with van der Waals surface area (Å²) < 4.78 is 11.9. The molecule has 28 heavy (non-hydrogen) atoms. The Morgan fingerprint density at radius 1 is 1.29 bits per heavy atom. The van der Waals surface area contributed by atoms with E-state index in [2.05, 4.69) is 15.3 Å². The molecule has 6 nitrogen and oxygen atoms in total. The number of thioether (sulfide) groups is 1. The van der Waals surface area contributed by atoms with Crippen molar-refractivity contribution in [3.63, 3.8) is 0 Å². The highest BCUT2D eigenvalue weighted by molar-refractivity contribution is 8.00. The lowest BCUT2D eigenvalue weighted by molar-refractivity contribution is -0.118. The first-order chi connectivity index (χ1) is 13.5. The Balaban J connectivity index is 1.59. The van der Waals surface area contributed by atoms with Gasteiger partial charge in [0.25, 0.3) is 5.91 Å². The SMILES string of the molecule is COc1cnc(CSc2nc(C)cs2)cc1OCC(=O)Nc1ccc(Cl)cc1. The molecule has 0 aliphatic carbocycles. The number of nitrogens with one attached hydrogen (secondary N) is 1. The Morgan fingerprint density at radius 3 is 2.75 bits per heavy atom. The van der Waals surface area contributed by atoms with Crippen LogP contribution in [0.25, 0.3) is 0 Å². The zero-order chi connectivity index (χ0) is 19.9. The number of amides is 1. The van der Waals surface area contributed by atoms with Crippen LogP contribution in [0, 0.1) is 6.92 Å². The van der Waals surface area contributed by atoms with Crippen LogP contribution in [0.4, 0.5) is 5.69 Å². The van der Waals surface area contributed by atoms with Crippen LogP contribution < -0.4 is 14.8 Å². The molecule has 0 unspecified atom stereocenters. The van der Waals surface area contributed by atoms with Gasteiger partial charge in [-0.15, -0.1) is 11.3 Å². The summed E-state index contributed by atoms with van der Waals surface area (Å²) in [5.41, 5.74) is 2.47. The van der Waals surface area contributed by atoms with Crippen molar-refractivity contribution in [1.82, 2.24) is 9.97 Å². The van der Waals surface area contributed by atoms with Crippen LogP contribution in [0.1, 0.15) is 11.4 Å². The van der Waals surface area contributed by atoms with Gasteiger partial charge in [0.15, 0.2) is 18.1 Å². The van der Waals surface area contributed by atoms with Gasteiger partial charge in [0.05, 0.1) is 19.0 Å². The van der Waals surface area contributed by atoms with Crippen molar-refractivity contribution in [3.8, 4) is 11.5 Å². The standard InChI is InChI=1S/C19H18ClN3O3S2/c1-12-10-27-19(22-12)28-11-15-7-16(17(25-2)8-21-15)26-9-18(24)23-14-5-3-13(20)4-6-14/h3-8,10H,9,11H2,1-2H3,(H,23,24). The minimum absolute atomic E-state index is 0.152. The average Bonchev–Trinajstić information content (AvgIpc) is 3.12. The second kappa shape index (κ2) is 9.77. The maximum Gasteiger partial charge on any atom is 0.262 e. The molecule has 2 aromatic heterocycles. The predicted octanol–water partition coefficient (Wildman–Crippen LogP) is 4.82. The summed E-state index contributed by atoms with van der Waals surface area (Å²) >= 11 is 9.05. The lowest BCUT2D eigenvalue weighted by Gasteiger charge is -2.12. The van der Waals surface area contributed by atoms with E-state index < -0.39 is 0 Å². The molecule has 1 aromatic carbocycles. The Hall–Kier alpha value is -2.29. The number of carbonyl (C=O) groups is 1. The molecular formula is C19H18ClN3O3S2. The molecule has 0 spiro atoms. The third kappa shape index (κ3) is 5.85. The molecule has 2 heterocycles. The molecule has 0 saturated carbocycles. The molecule has 146 valence electrons. The van der Waals surface area contributed by atoms with Gasteiger partial charge in [0.1, 0.15) is 4.34 Å². The van der Waals surface area contributed by atoms with Crippen LogP contribution in [-0.2, 0) is 10.5 Å². The van der Waals surface area contributed by atoms with E-state index in [4.69, 9.17) is 21.1 Å². The van der Waals surface area contributed by atoms with E-state index in [1.54, 1.807) is 59.6 Å². The fraction of sp³-hybridized carbons (Fsp3) is 0.211. The quantitative estimate of drug-likeness (QED) is 0.511. The molecule has 0 aliphatic rings. The first-order valence-electron chi connectivity index (χ1n) is 8.29. The van der Waals surface area contributed by atoms with Crippen LogP contribution in [0.5, 0.6) is 11.5 Å². The summed E-state index contributed by atoms with van der Waals surface area (Å²) in [6.07, 6.45) is 1.59. The number of methoxy groups -OCH3 is 1. The second-order valence-electron chi connectivity index (χ2n) is 5.71. The molecule has 0 fully saturated rings. The number of halogens is 1. The lowest BCUT2D eigenvalue weighted by atomic mass is 10.3. The maximum atomic E-state index is 12.1.